The van der Waals surface area contributed by atoms with Gasteiger partial charge in [-0.2, -0.15) is 0 Å². The van der Waals surface area contributed by atoms with Gasteiger partial charge >= 0.3 is 0 Å². The zero-order chi connectivity index (χ0) is 14.1. The number of phenolic OH excluding ortho intramolecular Hbond substituents is 1. The highest BCUT2D eigenvalue weighted by molar-refractivity contribution is 7.90. The second-order valence-electron chi connectivity index (χ2n) is 4.99. The fourth-order valence-electron chi connectivity index (χ4n) is 2.04. The van der Waals surface area contributed by atoms with E-state index in [1.807, 2.05) is 0 Å². The van der Waals surface area contributed by atoms with Gasteiger partial charge < -0.3 is 5.11 Å². The van der Waals surface area contributed by atoms with Crippen molar-refractivity contribution >= 4 is 9.84 Å². The predicted molar refractivity (Wildman–Crippen MR) is 79.0 cm³/mol. The number of hydrogen-bond donors (Lipinski definition) is 1. The Balaban J connectivity index is 2.34. The Morgan fingerprint density at radius 3 is 2.32 bits per heavy atom. The minimum Gasteiger partial charge on any atom is -0.508 e. The average molecular weight is 284 g/mol. The molecule has 0 aromatic heterocycles. The predicted octanol–water partition coefficient (Wildman–Crippen LogP) is 3.67. The maximum absolute atomic E-state index is 11.9. The molecule has 0 unspecified atom stereocenters. The molecule has 0 radical (unpaired) electrons. The Morgan fingerprint density at radius 1 is 1.00 bits per heavy atom. The third-order valence-corrected chi connectivity index (χ3v) is 4.84. The highest BCUT2D eigenvalue weighted by Crippen LogP contribution is 2.19. The molecule has 0 bridgehead atoms. The molecular weight excluding hydrogens is 260 g/mol. The first-order valence-corrected chi connectivity index (χ1v) is 8.84. The average Bonchev–Trinajstić information content (AvgIpc) is 2.36. The Bertz CT molecular complexity index is 466. The van der Waals surface area contributed by atoms with E-state index in [0.717, 1.165) is 19.3 Å². The van der Waals surface area contributed by atoms with Crippen molar-refractivity contribution in [2.45, 2.75) is 51.2 Å². The molecule has 108 valence electrons. The Kier molecular flexibility index (Phi) is 6.92. The van der Waals surface area contributed by atoms with Gasteiger partial charge in [0.15, 0.2) is 9.84 Å². The lowest BCUT2D eigenvalue weighted by Crippen LogP contribution is -2.09. The lowest BCUT2D eigenvalue weighted by molar-refractivity contribution is 0.469. The summed E-state index contributed by atoms with van der Waals surface area (Å²) < 4.78 is 23.9. The monoisotopic (exact) mass is 284 g/mol. The highest BCUT2D eigenvalue weighted by Gasteiger charge is 2.13. The maximum Gasteiger partial charge on any atom is 0.154 e. The van der Waals surface area contributed by atoms with Crippen molar-refractivity contribution in [1.29, 1.82) is 0 Å². The highest BCUT2D eigenvalue weighted by atomic mass is 32.2. The van der Waals surface area contributed by atoms with Gasteiger partial charge in [0.2, 0.25) is 0 Å². The van der Waals surface area contributed by atoms with Crippen molar-refractivity contribution in [2.24, 2.45) is 0 Å². The van der Waals surface area contributed by atoms with Crippen LogP contribution < -0.4 is 0 Å². The number of phenols is 1. The van der Waals surface area contributed by atoms with Gasteiger partial charge in [0, 0.05) is 5.56 Å². The number of sulfone groups is 1. The van der Waals surface area contributed by atoms with Gasteiger partial charge in [-0.15, -0.1) is 0 Å². The molecule has 0 saturated carbocycles. The van der Waals surface area contributed by atoms with E-state index in [9.17, 15) is 13.5 Å². The molecule has 1 aromatic carbocycles. The molecule has 0 saturated heterocycles. The molecule has 0 amide bonds. The molecule has 0 heterocycles. The third kappa shape index (κ3) is 6.62. The van der Waals surface area contributed by atoms with Crippen molar-refractivity contribution in [1.82, 2.24) is 0 Å². The smallest absolute Gasteiger partial charge is 0.154 e. The van der Waals surface area contributed by atoms with Crippen LogP contribution in [0.1, 0.15) is 51.0 Å². The van der Waals surface area contributed by atoms with Crippen LogP contribution in [0.25, 0.3) is 0 Å². The molecule has 0 fully saturated rings. The van der Waals surface area contributed by atoms with Crippen LogP contribution in [0.15, 0.2) is 24.3 Å². The van der Waals surface area contributed by atoms with E-state index in [1.165, 1.54) is 25.3 Å². The lowest BCUT2D eigenvalue weighted by Gasteiger charge is -2.06. The van der Waals surface area contributed by atoms with Crippen LogP contribution in [0, 0.1) is 0 Å². The number of hydrogen-bond acceptors (Lipinski definition) is 3. The first-order chi connectivity index (χ1) is 9.05. The zero-order valence-electron chi connectivity index (χ0n) is 11.6. The van der Waals surface area contributed by atoms with Crippen LogP contribution >= 0.6 is 0 Å². The molecule has 0 aliphatic heterocycles. The van der Waals surface area contributed by atoms with Crippen LogP contribution in [0.5, 0.6) is 5.75 Å². The molecule has 4 heteroatoms. The quantitative estimate of drug-likeness (QED) is 0.704. The lowest BCUT2D eigenvalue weighted by atomic mass is 10.1. The van der Waals surface area contributed by atoms with E-state index >= 15 is 0 Å². The summed E-state index contributed by atoms with van der Waals surface area (Å²) >= 11 is 0. The van der Waals surface area contributed by atoms with Gasteiger partial charge in [0.25, 0.3) is 0 Å². The molecule has 0 atom stereocenters. The van der Waals surface area contributed by atoms with Crippen molar-refractivity contribution < 1.29 is 13.5 Å². The van der Waals surface area contributed by atoms with Crippen LogP contribution in [0.3, 0.4) is 0 Å². The zero-order valence-corrected chi connectivity index (χ0v) is 12.5. The Labute approximate surface area is 116 Å². The minimum atomic E-state index is -3.11. The number of benzene rings is 1. The maximum atomic E-state index is 11.9. The SMILES string of the molecule is CCCCCCCCS(=O)(=O)Cc1ccccc1O. The normalized spacial score (nSPS) is 11.6. The fourth-order valence-corrected chi connectivity index (χ4v) is 3.55. The van der Waals surface area contributed by atoms with Crippen LogP contribution in [0.4, 0.5) is 0 Å². The van der Waals surface area contributed by atoms with E-state index in [4.69, 9.17) is 0 Å². The fraction of sp³-hybridized carbons (Fsp3) is 0.600. The van der Waals surface area contributed by atoms with Crippen molar-refractivity contribution in [3.05, 3.63) is 29.8 Å². The summed E-state index contributed by atoms with van der Waals surface area (Å²) in [6.45, 7) is 2.16. The first kappa shape index (κ1) is 16.0. The number of rotatable bonds is 9. The summed E-state index contributed by atoms with van der Waals surface area (Å²) in [6, 6.07) is 6.62. The summed E-state index contributed by atoms with van der Waals surface area (Å²) in [7, 11) is -3.11. The van der Waals surface area contributed by atoms with Crippen molar-refractivity contribution in [3.8, 4) is 5.75 Å². The standard InChI is InChI=1S/C15H24O3S/c1-2-3-4-5-6-9-12-19(17,18)13-14-10-7-8-11-15(14)16/h7-8,10-11,16H,2-6,9,12-13H2,1H3. The van der Waals surface area contributed by atoms with Gasteiger partial charge in [-0.1, -0.05) is 57.2 Å². The van der Waals surface area contributed by atoms with Gasteiger partial charge in [0.05, 0.1) is 11.5 Å². The van der Waals surface area contributed by atoms with Crippen LogP contribution in [0.2, 0.25) is 0 Å². The van der Waals surface area contributed by atoms with Crippen LogP contribution in [-0.2, 0) is 15.6 Å². The van der Waals surface area contributed by atoms with E-state index in [2.05, 4.69) is 6.92 Å². The van der Waals surface area contributed by atoms with E-state index in [0.29, 0.717) is 5.56 Å². The van der Waals surface area contributed by atoms with Gasteiger partial charge in [-0.05, 0) is 12.5 Å². The Morgan fingerprint density at radius 2 is 1.63 bits per heavy atom. The summed E-state index contributed by atoms with van der Waals surface area (Å²) in [5.41, 5.74) is 0.494. The number of para-hydroxylation sites is 1. The molecular formula is C15H24O3S. The van der Waals surface area contributed by atoms with E-state index in [1.54, 1.807) is 18.2 Å². The second kappa shape index (κ2) is 8.20. The first-order valence-electron chi connectivity index (χ1n) is 7.02. The third-order valence-electron chi connectivity index (χ3n) is 3.18. The molecule has 3 nitrogen and oxygen atoms in total. The topological polar surface area (TPSA) is 54.4 Å². The summed E-state index contributed by atoms with van der Waals surface area (Å²) in [4.78, 5) is 0. The summed E-state index contributed by atoms with van der Waals surface area (Å²) in [5, 5.41) is 9.58. The van der Waals surface area contributed by atoms with E-state index < -0.39 is 9.84 Å². The molecule has 0 aliphatic carbocycles. The van der Waals surface area contributed by atoms with Crippen LogP contribution in [-0.4, -0.2) is 19.3 Å². The molecule has 1 aromatic rings. The molecule has 1 rings (SSSR count). The van der Waals surface area contributed by atoms with Gasteiger partial charge in [-0.3, -0.25) is 0 Å². The molecule has 0 spiro atoms. The van der Waals surface area contributed by atoms with Gasteiger partial charge in [-0.25, -0.2) is 8.42 Å². The summed E-state index contributed by atoms with van der Waals surface area (Å²) in [5.74, 6) is 0.219. The number of aromatic hydroxyl groups is 1. The number of unbranched alkanes of at least 4 members (excludes halogenated alkanes) is 5. The minimum absolute atomic E-state index is 0.0609. The largest absolute Gasteiger partial charge is 0.508 e. The van der Waals surface area contributed by atoms with E-state index in [-0.39, 0.29) is 17.3 Å². The van der Waals surface area contributed by atoms with Crippen molar-refractivity contribution in [3.63, 3.8) is 0 Å². The second-order valence-corrected chi connectivity index (χ2v) is 7.17. The molecule has 1 N–H and O–H groups in total. The summed E-state index contributed by atoms with van der Waals surface area (Å²) in [6.07, 6.45) is 6.42. The Hall–Kier alpha value is -1.03. The molecule has 19 heavy (non-hydrogen) atoms. The van der Waals surface area contributed by atoms with Gasteiger partial charge in [0.1, 0.15) is 5.75 Å². The molecule has 0 aliphatic rings. The van der Waals surface area contributed by atoms with Crippen molar-refractivity contribution in [2.75, 3.05) is 5.75 Å².